The van der Waals surface area contributed by atoms with Crippen LogP contribution in [0.1, 0.15) is 16.8 Å². The molecular weight excluding hydrogens is 235 g/mol. The van der Waals surface area contributed by atoms with E-state index < -0.39 is 14.4 Å². The predicted octanol–water partition coefficient (Wildman–Crippen LogP) is 0.703. The van der Waals surface area contributed by atoms with Crippen LogP contribution in [0.15, 0.2) is 6.20 Å². The van der Waals surface area contributed by atoms with E-state index in [1.807, 2.05) is 0 Å². The van der Waals surface area contributed by atoms with E-state index in [2.05, 4.69) is 9.51 Å². The van der Waals surface area contributed by atoms with Crippen LogP contribution in [0.3, 0.4) is 0 Å². The zero-order valence-corrected chi connectivity index (χ0v) is 9.31. The van der Waals surface area contributed by atoms with Crippen molar-refractivity contribution in [1.82, 2.24) is 4.98 Å². The Kier molecular flexibility index (Phi) is 3.77. The van der Waals surface area contributed by atoms with Crippen LogP contribution in [-0.4, -0.2) is 26.1 Å². The molecule has 0 aliphatic carbocycles. The summed E-state index contributed by atoms with van der Waals surface area (Å²) in [5.41, 5.74) is 0.709. The Morgan fingerprint density at radius 3 is 2.75 bits per heavy atom. The molecule has 0 unspecified atom stereocenters. The number of pyridine rings is 1. The third-order valence-electron chi connectivity index (χ3n) is 1.89. The van der Waals surface area contributed by atoms with Gasteiger partial charge in [0.15, 0.2) is 0 Å². The van der Waals surface area contributed by atoms with Crippen molar-refractivity contribution >= 4 is 14.0 Å². The number of hydrogen-bond donors (Lipinski definition) is 4. The van der Waals surface area contributed by atoms with Gasteiger partial charge >= 0.3 is 7.82 Å². The van der Waals surface area contributed by atoms with Crippen molar-refractivity contribution in [2.24, 2.45) is 0 Å². The van der Waals surface area contributed by atoms with Crippen molar-refractivity contribution in [3.8, 4) is 5.75 Å². The number of aromatic hydroxyl groups is 1. The van der Waals surface area contributed by atoms with E-state index in [1.165, 1.54) is 6.20 Å². The molecule has 1 aromatic rings. The Balaban J connectivity index is 3.01. The minimum Gasteiger partial charge on any atom is -0.505 e. The summed E-state index contributed by atoms with van der Waals surface area (Å²) in [7, 11) is -4.57. The summed E-state index contributed by atoms with van der Waals surface area (Å²) in [4.78, 5) is 20.8. The van der Waals surface area contributed by atoms with Crippen LogP contribution in [0.5, 0.6) is 5.75 Å². The number of nitrogens with zero attached hydrogens (tertiary/aromatic N) is 1. The molecule has 1 rings (SSSR count). The van der Waals surface area contributed by atoms with E-state index in [9.17, 15) is 9.67 Å². The highest BCUT2D eigenvalue weighted by molar-refractivity contribution is 7.46. The molecule has 0 saturated heterocycles. The highest BCUT2D eigenvalue weighted by Crippen LogP contribution is 2.37. The number of rotatable bonds is 4. The summed E-state index contributed by atoms with van der Waals surface area (Å²) >= 11 is 0. The molecular formula is C8H11N2O5P. The van der Waals surface area contributed by atoms with Gasteiger partial charge in [0, 0.05) is 23.5 Å². The van der Waals surface area contributed by atoms with Gasteiger partial charge in [0.1, 0.15) is 5.75 Å². The van der Waals surface area contributed by atoms with Crippen molar-refractivity contribution in [1.29, 1.82) is 5.41 Å². The van der Waals surface area contributed by atoms with Crippen molar-refractivity contribution in [2.75, 3.05) is 0 Å². The molecule has 7 nitrogen and oxygen atoms in total. The first kappa shape index (κ1) is 12.8. The maximum atomic E-state index is 10.5. The zero-order valence-electron chi connectivity index (χ0n) is 8.41. The molecule has 1 heterocycles. The number of aryl methyl sites for hydroxylation is 1. The maximum absolute atomic E-state index is 10.5. The second-order valence-electron chi connectivity index (χ2n) is 3.04. The molecule has 0 saturated carbocycles. The highest BCUT2D eigenvalue weighted by Gasteiger charge is 2.16. The van der Waals surface area contributed by atoms with E-state index in [4.69, 9.17) is 15.2 Å². The van der Waals surface area contributed by atoms with Gasteiger partial charge in [0.05, 0.1) is 12.3 Å². The van der Waals surface area contributed by atoms with Crippen molar-refractivity contribution < 1.29 is 24.0 Å². The topological polar surface area (TPSA) is 124 Å². The van der Waals surface area contributed by atoms with Gasteiger partial charge < -0.3 is 20.3 Å². The SMILES string of the molecule is Cc1ncc(COP(=O)(O)O)c(C=N)c1O. The molecule has 88 valence electrons. The Morgan fingerprint density at radius 1 is 1.62 bits per heavy atom. The third kappa shape index (κ3) is 3.11. The largest absolute Gasteiger partial charge is 0.505 e. The summed E-state index contributed by atoms with van der Waals surface area (Å²) in [6.45, 7) is 1.13. The minimum atomic E-state index is -4.57. The first-order valence-corrected chi connectivity index (χ1v) is 5.76. The Hall–Kier alpha value is -1.27. The van der Waals surface area contributed by atoms with E-state index in [-0.39, 0.29) is 16.9 Å². The summed E-state index contributed by atoms with van der Waals surface area (Å²) in [5, 5.41) is 16.6. The minimum absolute atomic E-state index is 0.140. The Bertz CT molecular complexity index is 456. The molecule has 16 heavy (non-hydrogen) atoms. The van der Waals surface area contributed by atoms with Crippen LogP contribution in [0.2, 0.25) is 0 Å². The fourth-order valence-corrected chi connectivity index (χ4v) is 1.39. The van der Waals surface area contributed by atoms with Crippen LogP contribution in [0.25, 0.3) is 0 Å². The normalized spacial score (nSPS) is 11.4. The standard InChI is InChI=1S/C8H11N2O5P/c1-5-8(11)7(2-9)6(3-10-5)4-15-16(12,13)14/h2-3,9,11H,4H2,1H3,(H2,12,13,14). The lowest BCUT2D eigenvalue weighted by Crippen LogP contribution is -1.99. The molecule has 0 aromatic carbocycles. The Morgan fingerprint density at radius 2 is 2.25 bits per heavy atom. The molecule has 4 N–H and O–H groups in total. The van der Waals surface area contributed by atoms with Gasteiger partial charge in [-0.15, -0.1) is 0 Å². The number of phosphoric acid groups is 1. The summed E-state index contributed by atoms with van der Waals surface area (Å²) in [5.74, 6) is -0.193. The predicted molar refractivity (Wildman–Crippen MR) is 55.4 cm³/mol. The molecule has 8 heteroatoms. The first-order chi connectivity index (χ1) is 7.35. The van der Waals surface area contributed by atoms with Crippen LogP contribution >= 0.6 is 7.82 Å². The number of aromatic nitrogens is 1. The zero-order chi connectivity index (χ0) is 12.3. The van der Waals surface area contributed by atoms with Gasteiger partial charge in [0.25, 0.3) is 0 Å². The van der Waals surface area contributed by atoms with Crippen molar-refractivity contribution in [2.45, 2.75) is 13.5 Å². The van der Waals surface area contributed by atoms with Gasteiger partial charge in [-0.05, 0) is 6.92 Å². The van der Waals surface area contributed by atoms with Crippen LogP contribution in [0.4, 0.5) is 0 Å². The molecule has 0 radical (unpaired) electrons. The summed E-state index contributed by atoms with van der Waals surface area (Å²) in [6.07, 6.45) is 2.17. The molecule has 1 aromatic heterocycles. The van der Waals surface area contributed by atoms with Gasteiger partial charge in [-0.3, -0.25) is 9.51 Å². The van der Waals surface area contributed by atoms with Gasteiger partial charge in [-0.2, -0.15) is 0 Å². The molecule has 0 bridgehead atoms. The highest BCUT2D eigenvalue weighted by atomic mass is 31.2. The quantitative estimate of drug-likeness (QED) is 0.458. The van der Waals surface area contributed by atoms with Crippen molar-refractivity contribution in [3.63, 3.8) is 0 Å². The molecule has 0 atom stereocenters. The summed E-state index contributed by atoms with van der Waals surface area (Å²) < 4.78 is 14.8. The smallest absolute Gasteiger partial charge is 0.469 e. The molecule has 0 fully saturated rings. The Labute approximate surface area is 91.5 Å². The maximum Gasteiger partial charge on any atom is 0.469 e. The number of phosphoric ester groups is 1. The molecule has 0 spiro atoms. The van der Waals surface area contributed by atoms with Crippen LogP contribution in [0, 0.1) is 12.3 Å². The van der Waals surface area contributed by atoms with Gasteiger partial charge in [-0.25, -0.2) is 4.57 Å². The van der Waals surface area contributed by atoms with E-state index >= 15 is 0 Å². The summed E-state index contributed by atoms with van der Waals surface area (Å²) in [6, 6.07) is 0. The van der Waals surface area contributed by atoms with E-state index in [1.54, 1.807) is 6.92 Å². The fraction of sp³-hybridized carbons (Fsp3) is 0.250. The molecule has 0 aliphatic rings. The third-order valence-corrected chi connectivity index (χ3v) is 2.36. The second kappa shape index (κ2) is 4.71. The second-order valence-corrected chi connectivity index (χ2v) is 4.28. The lowest BCUT2D eigenvalue weighted by Gasteiger charge is -2.09. The number of nitrogens with one attached hydrogen (secondary N) is 1. The average Bonchev–Trinajstić information content (AvgIpc) is 2.18. The molecule has 0 amide bonds. The average molecular weight is 246 g/mol. The molecule has 0 aliphatic heterocycles. The van der Waals surface area contributed by atoms with Crippen molar-refractivity contribution in [3.05, 3.63) is 23.0 Å². The van der Waals surface area contributed by atoms with E-state index in [0.717, 1.165) is 6.21 Å². The van der Waals surface area contributed by atoms with Crippen LogP contribution in [-0.2, 0) is 15.7 Å². The lowest BCUT2D eigenvalue weighted by atomic mass is 10.1. The van der Waals surface area contributed by atoms with Crippen LogP contribution < -0.4 is 0 Å². The first-order valence-electron chi connectivity index (χ1n) is 4.23. The van der Waals surface area contributed by atoms with Gasteiger partial charge in [-0.1, -0.05) is 0 Å². The lowest BCUT2D eigenvalue weighted by molar-refractivity contribution is 0.188. The monoisotopic (exact) mass is 246 g/mol. The fourth-order valence-electron chi connectivity index (χ4n) is 1.08. The van der Waals surface area contributed by atoms with Gasteiger partial charge in [0.2, 0.25) is 0 Å². The van der Waals surface area contributed by atoms with E-state index in [0.29, 0.717) is 5.69 Å². The number of hydrogen-bond acceptors (Lipinski definition) is 5.